The van der Waals surface area contributed by atoms with E-state index in [9.17, 15) is 4.79 Å². The first-order chi connectivity index (χ1) is 6.02. The summed E-state index contributed by atoms with van der Waals surface area (Å²) in [7, 11) is 0. The standard InChI is InChI=1S/C10H12ClNO/c1-6(2)10-9(7(3)13)4-8(11)5-12-10/h4-6H,1-3H3. The Hall–Kier alpha value is -0.890. The second-order valence-electron chi connectivity index (χ2n) is 3.30. The molecule has 3 heteroatoms. The van der Waals surface area contributed by atoms with Gasteiger partial charge in [0.05, 0.1) is 10.7 Å². The van der Waals surface area contributed by atoms with Gasteiger partial charge >= 0.3 is 0 Å². The van der Waals surface area contributed by atoms with Gasteiger partial charge in [-0.15, -0.1) is 0 Å². The first-order valence-corrected chi connectivity index (χ1v) is 4.56. The minimum atomic E-state index is 0.0127. The fraction of sp³-hybridized carbons (Fsp3) is 0.400. The molecule has 0 unspecified atom stereocenters. The molecule has 1 heterocycles. The zero-order chi connectivity index (χ0) is 10.0. The second kappa shape index (κ2) is 3.88. The van der Waals surface area contributed by atoms with Crippen molar-refractivity contribution in [2.24, 2.45) is 0 Å². The van der Waals surface area contributed by atoms with Gasteiger partial charge in [0, 0.05) is 11.8 Å². The SMILES string of the molecule is CC(=O)c1cc(Cl)cnc1C(C)C. The molecule has 0 radical (unpaired) electrons. The monoisotopic (exact) mass is 197 g/mol. The molecular formula is C10H12ClNO. The number of carbonyl (C=O) groups is 1. The summed E-state index contributed by atoms with van der Waals surface area (Å²) in [5, 5.41) is 0.509. The van der Waals surface area contributed by atoms with Crippen molar-refractivity contribution in [3.63, 3.8) is 0 Å². The van der Waals surface area contributed by atoms with E-state index in [1.807, 2.05) is 13.8 Å². The zero-order valence-corrected chi connectivity index (χ0v) is 8.72. The summed E-state index contributed by atoms with van der Waals surface area (Å²) in [6, 6.07) is 1.67. The van der Waals surface area contributed by atoms with Gasteiger partial charge in [-0.1, -0.05) is 25.4 Å². The van der Waals surface area contributed by atoms with Gasteiger partial charge < -0.3 is 0 Å². The molecule has 0 amide bonds. The molecule has 0 aliphatic rings. The summed E-state index contributed by atoms with van der Waals surface area (Å²) in [5.41, 5.74) is 1.44. The number of hydrogen-bond donors (Lipinski definition) is 0. The number of aromatic nitrogens is 1. The van der Waals surface area contributed by atoms with Crippen LogP contribution in [0.25, 0.3) is 0 Å². The maximum Gasteiger partial charge on any atom is 0.161 e. The molecule has 0 saturated heterocycles. The number of carbonyl (C=O) groups excluding carboxylic acids is 1. The molecule has 1 rings (SSSR count). The van der Waals surface area contributed by atoms with Gasteiger partial charge in [0.1, 0.15) is 0 Å². The summed E-state index contributed by atoms with van der Waals surface area (Å²) in [6.45, 7) is 5.53. The topological polar surface area (TPSA) is 30.0 Å². The van der Waals surface area contributed by atoms with E-state index in [2.05, 4.69) is 4.98 Å². The Morgan fingerprint density at radius 3 is 2.62 bits per heavy atom. The fourth-order valence-electron chi connectivity index (χ4n) is 1.19. The first-order valence-electron chi connectivity index (χ1n) is 4.18. The second-order valence-corrected chi connectivity index (χ2v) is 3.73. The summed E-state index contributed by atoms with van der Waals surface area (Å²) >= 11 is 5.75. The van der Waals surface area contributed by atoms with Gasteiger partial charge in [-0.05, 0) is 18.9 Å². The van der Waals surface area contributed by atoms with E-state index in [0.717, 1.165) is 5.69 Å². The van der Waals surface area contributed by atoms with Gasteiger partial charge in [-0.3, -0.25) is 9.78 Å². The van der Waals surface area contributed by atoms with Crippen molar-refractivity contribution in [3.8, 4) is 0 Å². The number of hydrogen-bond acceptors (Lipinski definition) is 2. The Morgan fingerprint density at radius 2 is 2.15 bits per heavy atom. The Balaban J connectivity index is 3.27. The van der Waals surface area contributed by atoms with Crippen molar-refractivity contribution < 1.29 is 4.79 Å². The van der Waals surface area contributed by atoms with Gasteiger partial charge in [-0.25, -0.2) is 0 Å². The molecule has 0 aliphatic heterocycles. The summed E-state index contributed by atoms with van der Waals surface area (Å²) in [4.78, 5) is 15.4. The molecule has 2 nitrogen and oxygen atoms in total. The molecule has 70 valence electrons. The largest absolute Gasteiger partial charge is 0.294 e. The quantitative estimate of drug-likeness (QED) is 0.683. The van der Waals surface area contributed by atoms with Crippen LogP contribution in [0.5, 0.6) is 0 Å². The van der Waals surface area contributed by atoms with E-state index < -0.39 is 0 Å². The third-order valence-electron chi connectivity index (χ3n) is 1.81. The average Bonchev–Trinajstić information content (AvgIpc) is 2.03. The first kappa shape index (κ1) is 10.2. The number of halogens is 1. The van der Waals surface area contributed by atoms with Crippen LogP contribution in [0.1, 0.15) is 42.7 Å². The molecule has 0 spiro atoms. The number of Topliss-reactive ketones (excluding diaryl/α,β-unsaturated/α-hetero) is 1. The summed E-state index contributed by atoms with van der Waals surface area (Å²) < 4.78 is 0. The van der Waals surface area contributed by atoms with Gasteiger partial charge in [0.25, 0.3) is 0 Å². The predicted octanol–water partition coefficient (Wildman–Crippen LogP) is 3.06. The highest BCUT2D eigenvalue weighted by Crippen LogP contribution is 2.20. The molecule has 1 aromatic heterocycles. The molecule has 1 aromatic rings. The van der Waals surface area contributed by atoms with Crippen LogP contribution in [0.3, 0.4) is 0 Å². The molecule has 0 fully saturated rings. The molecule has 13 heavy (non-hydrogen) atoms. The molecule has 0 aliphatic carbocycles. The van der Waals surface area contributed by atoms with Crippen LogP contribution in [0, 0.1) is 0 Å². The number of pyridine rings is 1. The third-order valence-corrected chi connectivity index (χ3v) is 2.02. The number of ketones is 1. The van der Waals surface area contributed by atoms with Crippen molar-refractivity contribution >= 4 is 17.4 Å². The van der Waals surface area contributed by atoms with E-state index in [1.54, 1.807) is 12.3 Å². The van der Waals surface area contributed by atoms with Crippen LogP contribution >= 0.6 is 11.6 Å². The Morgan fingerprint density at radius 1 is 1.54 bits per heavy atom. The van der Waals surface area contributed by atoms with Crippen LogP contribution in [0.15, 0.2) is 12.3 Å². The van der Waals surface area contributed by atoms with Crippen molar-refractivity contribution in [1.82, 2.24) is 4.98 Å². The highest BCUT2D eigenvalue weighted by Gasteiger charge is 2.11. The normalized spacial score (nSPS) is 10.5. The van der Waals surface area contributed by atoms with Crippen molar-refractivity contribution in [2.75, 3.05) is 0 Å². The zero-order valence-electron chi connectivity index (χ0n) is 7.97. The van der Waals surface area contributed by atoms with Gasteiger partial charge in [0.15, 0.2) is 5.78 Å². The van der Waals surface area contributed by atoms with E-state index in [0.29, 0.717) is 10.6 Å². The Kier molecular flexibility index (Phi) is 3.04. The van der Waals surface area contributed by atoms with Crippen LogP contribution in [-0.4, -0.2) is 10.8 Å². The maximum atomic E-state index is 11.2. The minimum absolute atomic E-state index is 0.0127. The molecule has 0 aromatic carbocycles. The smallest absolute Gasteiger partial charge is 0.161 e. The Labute approximate surface area is 82.9 Å². The lowest BCUT2D eigenvalue weighted by Crippen LogP contribution is -2.03. The summed E-state index contributed by atoms with van der Waals surface area (Å²) in [6.07, 6.45) is 1.57. The molecule has 0 saturated carbocycles. The number of nitrogens with zero attached hydrogens (tertiary/aromatic N) is 1. The van der Waals surface area contributed by atoms with E-state index in [4.69, 9.17) is 11.6 Å². The van der Waals surface area contributed by atoms with E-state index in [-0.39, 0.29) is 11.7 Å². The maximum absolute atomic E-state index is 11.2. The lowest BCUT2D eigenvalue weighted by molar-refractivity contribution is 0.101. The summed E-state index contributed by atoms with van der Waals surface area (Å²) in [5.74, 6) is 0.259. The molecule has 0 atom stereocenters. The Bertz CT molecular complexity index is 334. The van der Waals surface area contributed by atoms with E-state index in [1.165, 1.54) is 6.92 Å². The molecule has 0 bridgehead atoms. The molecular weight excluding hydrogens is 186 g/mol. The van der Waals surface area contributed by atoms with E-state index >= 15 is 0 Å². The average molecular weight is 198 g/mol. The molecule has 0 N–H and O–H groups in total. The predicted molar refractivity (Wildman–Crippen MR) is 53.3 cm³/mol. The van der Waals surface area contributed by atoms with Gasteiger partial charge in [0.2, 0.25) is 0 Å². The van der Waals surface area contributed by atoms with Crippen molar-refractivity contribution in [1.29, 1.82) is 0 Å². The lowest BCUT2D eigenvalue weighted by Gasteiger charge is -2.08. The van der Waals surface area contributed by atoms with Crippen LogP contribution < -0.4 is 0 Å². The van der Waals surface area contributed by atoms with Crippen LogP contribution in [0.4, 0.5) is 0 Å². The minimum Gasteiger partial charge on any atom is -0.294 e. The van der Waals surface area contributed by atoms with Crippen LogP contribution in [-0.2, 0) is 0 Å². The van der Waals surface area contributed by atoms with Crippen molar-refractivity contribution in [2.45, 2.75) is 26.7 Å². The van der Waals surface area contributed by atoms with Crippen molar-refractivity contribution in [3.05, 3.63) is 28.5 Å². The lowest BCUT2D eigenvalue weighted by atomic mass is 10.0. The van der Waals surface area contributed by atoms with Gasteiger partial charge in [-0.2, -0.15) is 0 Å². The third kappa shape index (κ3) is 2.28. The highest BCUT2D eigenvalue weighted by molar-refractivity contribution is 6.30. The van der Waals surface area contributed by atoms with Crippen LogP contribution in [0.2, 0.25) is 5.02 Å². The number of rotatable bonds is 2. The highest BCUT2D eigenvalue weighted by atomic mass is 35.5. The fourth-order valence-corrected chi connectivity index (χ4v) is 1.35.